The van der Waals surface area contributed by atoms with Crippen molar-refractivity contribution < 1.29 is 12.8 Å². The van der Waals surface area contributed by atoms with E-state index in [1.165, 1.54) is 23.9 Å². The zero-order valence-electron chi connectivity index (χ0n) is 9.69. The van der Waals surface area contributed by atoms with Gasteiger partial charge in [0, 0.05) is 5.75 Å². The summed E-state index contributed by atoms with van der Waals surface area (Å²) in [4.78, 5) is -0.181. The first-order chi connectivity index (χ1) is 8.88. The largest absolute Gasteiger partial charge is 0.242 e. The van der Waals surface area contributed by atoms with Crippen LogP contribution < -0.4 is 4.72 Å². The summed E-state index contributed by atoms with van der Waals surface area (Å²) in [6.45, 7) is 0. The second kappa shape index (κ2) is 5.40. The molecule has 1 heterocycles. The fraction of sp³-hybridized carbons (Fsp3) is 0.364. The van der Waals surface area contributed by atoms with E-state index in [1.54, 1.807) is 0 Å². The summed E-state index contributed by atoms with van der Waals surface area (Å²) in [7, 11) is -3.90. The number of benzene rings is 1. The van der Waals surface area contributed by atoms with Crippen molar-refractivity contribution in [2.45, 2.75) is 16.9 Å². The number of hydrogen-bond acceptors (Lipinski definition) is 4. The van der Waals surface area contributed by atoms with Crippen LogP contribution in [-0.4, -0.2) is 25.5 Å². The molecule has 0 radical (unpaired) electrons. The fourth-order valence-corrected chi connectivity index (χ4v) is 4.68. The van der Waals surface area contributed by atoms with Crippen LogP contribution in [0.5, 0.6) is 0 Å². The normalized spacial score (nSPS) is 23.2. The van der Waals surface area contributed by atoms with Gasteiger partial charge < -0.3 is 0 Å². The van der Waals surface area contributed by atoms with E-state index < -0.39 is 21.4 Å². The molecule has 1 aromatic rings. The first-order valence-electron chi connectivity index (χ1n) is 5.37. The molecule has 2 rings (SSSR count). The first kappa shape index (κ1) is 14.8. The Morgan fingerprint density at radius 3 is 2.79 bits per heavy atom. The number of nitriles is 1. The Hall–Kier alpha value is -0.620. The molecule has 0 aliphatic carbocycles. The minimum Gasteiger partial charge on any atom is -0.207 e. The van der Waals surface area contributed by atoms with Crippen LogP contribution >= 0.6 is 27.7 Å². The molecule has 1 N–H and O–H groups in total. The monoisotopic (exact) mass is 364 g/mol. The molecule has 102 valence electrons. The first-order valence-corrected chi connectivity index (χ1v) is 8.80. The van der Waals surface area contributed by atoms with Crippen LogP contribution in [-0.2, 0) is 10.0 Å². The SMILES string of the molecule is N#CC1(NS(=O)(=O)c2ccc(Br)c(F)c2)CCSC1. The van der Waals surface area contributed by atoms with E-state index in [-0.39, 0.29) is 9.37 Å². The number of nitrogens with one attached hydrogen (secondary N) is 1. The van der Waals surface area contributed by atoms with Gasteiger partial charge in [-0.1, -0.05) is 0 Å². The molecule has 4 nitrogen and oxygen atoms in total. The maximum atomic E-state index is 13.4. The smallest absolute Gasteiger partial charge is 0.207 e. The minimum atomic E-state index is -3.90. The molecule has 1 aromatic carbocycles. The molecule has 8 heteroatoms. The van der Waals surface area contributed by atoms with Gasteiger partial charge in [0.2, 0.25) is 10.0 Å². The molecule has 1 atom stereocenters. The number of hydrogen-bond donors (Lipinski definition) is 1. The Bertz CT molecular complexity index is 637. The molecule has 0 bridgehead atoms. The molecular weight excluding hydrogens is 355 g/mol. The predicted octanol–water partition coefficient (Wildman–Crippen LogP) is 2.27. The van der Waals surface area contributed by atoms with Crippen molar-refractivity contribution >= 4 is 37.7 Å². The molecule has 1 aliphatic heterocycles. The topological polar surface area (TPSA) is 70.0 Å². The molecule has 0 spiro atoms. The summed E-state index contributed by atoms with van der Waals surface area (Å²) in [6, 6.07) is 5.57. The minimum absolute atomic E-state index is 0.181. The van der Waals surface area contributed by atoms with Gasteiger partial charge in [0.05, 0.1) is 15.4 Å². The van der Waals surface area contributed by atoms with Crippen LogP contribution in [0.25, 0.3) is 0 Å². The van der Waals surface area contributed by atoms with E-state index >= 15 is 0 Å². The number of nitrogens with zero attached hydrogens (tertiary/aromatic N) is 1. The Kier molecular flexibility index (Phi) is 4.20. The summed E-state index contributed by atoms with van der Waals surface area (Å²) in [6.07, 6.45) is 0.451. The Morgan fingerprint density at radius 2 is 2.26 bits per heavy atom. The second-order valence-electron chi connectivity index (χ2n) is 4.18. The molecular formula is C11H10BrFN2O2S2. The highest BCUT2D eigenvalue weighted by Crippen LogP contribution is 2.29. The van der Waals surface area contributed by atoms with E-state index in [9.17, 15) is 12.8 Å². The molecule has 1 saturated heterocycles. The zero-order valence-corrected chi connectivity index (χ0v) is 12.9. The van der Waals surface area contributed by atoms with Crippen LogP contribution in [0.1, 0.15) is 6.42 Å². The molecule has 0 saturated carbocycles. The lowest BCUT2D eigenvalue weighted by Crippen LogP contribution is -2.47. The Balaban J connectivity index is 2.32. The van der Waals surface area contributed by atoms with Gasteiger partial charge in [-0.3, -0.25) is 0 Å². The number of halogens is 2. The molecule has 19 heavy (non-hydrogen) atoms. The van der Waals surface area contributed by atoms with Crippen LogP contribution in [0, 0.1) is 17.1 Å². The quantitative estimate of drug-likeness (QED) is 0.892. The van der Waals surface area contributed by atoms with Crippen molar-refractivity contribution in [2.75, 3.05) is 11.5 Å². The highest BCUT2D eigenvalue weighted by atomic mass is 79.9. The highest BCUT2D eigenvalue weighted by molar-refractivity contribution is 9.10. The number of sulfonamides is 1. The summed E-state index contributed by atoms with van der Waals surface area (Å²) in [5.41, 5.74) is -1.09. The number of rotatable bonds is 3. The average molecular weight is 365 g/mol. The van der Waals surface area contributed by atoms with Gasteiger partial charge in [0.15, 0.2) is 0 Å². The van der Waals surface area contributed by atoms with E-state index in [1.807, 2.05) is 6.07 Å². The summed E-state index contributed by atoms with van der Waals surface area (Å²) < 4.78 is 40.3. The van der Waals surface area contributed by atoms with Crippen molar-refractivity contribution in [3.05, 3.63) is 28.5 Å². The molecule has 1 aliphatic rings. The lowest BCUT2D eigenvalue weighted by Gasteiger charge is -2.21. The summed E-state index contributed by atoms with van der Waals surface area (Å²) >= 11 is 4.48. The van der Waals surface area contributed by atoms with Gasteiger partial charge in [0.1, 0.15) is 11.4 Å². The van der Waals surface area contributed by atoms with Gasteiger partial charge in [0.25, 0.3) is 0 Å². The Labute approximate surface area is 123 Å². The van der Waals surface area contributed by atoms with Crippen LogP contribution in [0.3, 0.4) is 0 Å². The third kappa shape index (κ3) is 3.11. The Morgan fingerprint density at radius 1 is 1.53 bits per heavy atom. The lowest BCUT2D eigenvalue weighted by atomic mass is 10.0. The average Bonchev–Trinajstić information content (AvgIpc) is 2.81. The standard InChI is InChI=1S/C11H10BrFN2O2S2/c12-9-2-1-8(5-10(9)13)19(16,17)15-11(6-14)3-4-18-7-11/h1-2,5,15H,3-4,7H2. The third-order valence-corrected chi connectivity index (χ3v) is 6.13. The van der Waals surface area contributed by atoms with Crippen molar-refractivity contribution in [1.82, 2.24) is 4.72 Å². The summed E-state index contributed by atoms with van der Waals surface area (Å²) in [5, 5.41) is 9.15. The van der Waals surface area contributed by atoms with Gasteiger partial charge in [-0.05, 0) is 46.3 Å². The second-order valence-corrected chi connectivity index (χ2v) is 7.82. The highest BCUT2D eigenvalue weighted by Gasteiger charge is 2.39. The maximum Gasteiger partial charge on any atom is 0.242 e. The van der Waals surface area contributed by atoms with E-state index in [2.05, 4.69) is 20.7 Å². The van der Waals surface area contributed by atoms with Crippen molar-refractivity contribution in [3.8, 4) is 6.07 Å². The zero-order chi connectivity index (χ0) is 14.1. The predicted molar refractivity (Wildman–Crippen MR) is 74.7 cm³/mol. The van der Waals surface area contributed by atoms with Gasteiger partial charge in [-0.25, -0.2) is 12.8 Å². The van der Waals surface area contributed by atoms with Gasteiger partial charge in [-0.15, -0.1) is 0 Å². The van der Waals surface area contributed by atoms with Crippen LogP contribution in [0.2, 0.25) is 0 Å². The lowest BCUT2D eigenvalue weighted by molar-refractivity contribution is 0.514. The molecule has 0 amide bonds. The van der Waals surface area contributed by atoms with Crippen molar-refractivity contribution in [1.29, 1.82) is 5.26 Å². The number of thioether (sulfide) groups is 1. The van der Waals surface area contributed by atoms with Crippen molar-refractivity contribution in [2.24, 2.45) is 0 Å². The third-order valence-electron chi connectivity index (χ3n) is 2.77. The summed E-state index contributed by atoms with van der Waals surface area (Å²) in [5.74, 6) is 0.474. The maximum absolute atomic E-state index is 13.4. The van der Waals surface area contributed by atoms with E-state index in [4.69, 9.17) is 5.26 Å². The van der Waals surface area contributed by atoms with Crippen LogP contribution in [0.15, 0.2) is 27.6 Å². The molecule has 0 aromatic heterocycles. The molecule has 1 fully saturated rings. The van der Waals surface area contributed by atoms with Gasteiger partial charge in [-0.2, -0.15) is 21.7 Å². The fourth-order valence-electron chi connectivity index (χ4n) is 1.72. The van der Waals surface area contributed by atoms with E-state index in [0.717, 1.165) is 11.8 Å². The van der Waals surface area contributed by atoms with E-state index in [0.29, 0.717) is 12.2 Å². The van der Waals surface area contributed by atoms with Crippen molar-refractivity contribution in [3.63, 3.8) is 0 Å². The van der Waals surface area contributed by atoms with Crippen LogP contribution in [0.4, 0.5) is 4.39 Å². The van der Waals surface area contributed by atoms with Gasteiger partial charge >= 0.3 is 0 Å². The molecule has 1 unspecified atom stereocenters.